The molecular formula is C16H18F3NO4. The average molecular weight is 345 g/mol. The Hall–Kier alpha value is -2.25. The lowest BCUT2D eigenvalue weighted by Gasteiger charge is -2.15. The van der Waals surface area contributed by atoms with Crippen LogP contribution in [0.4, 0.5) is 13.2 Å². The van der Waals surface area contributed by atoms with Gasteiger partial charge in [-0.15, -0.1) is 13.2 Å². The van der Waals surface area contributed by atoms with Crippen molar-refractivity contribution in [2.45, 2.75) is 44.5 Å². The molecule has 3 atom stereocenters. The van der Waals surface area contributed by atoms with Crippen LogP contribution in [0.2, 0.25) is 0 Å². The molecule has 0 saturated heterocycles. The van der Waals surface area contributed by atoms with Crippen LogP contribution in [0, 0.1) is 5.92 Å². The molecule has 0 heterocycles. The van der Waals surface area contributed by atoms with Crippen molar-refractivity contribution in [3.05, 3.63) is 29.8 Å². The number of carboxylic acids is 1. The Morgan fingerprint density at radius 2 is 2.04 bits per heavy atom. The van der Waals surface area contributed by atoms with Gasteiger partial charge in [-0.05, 0) is 30.4 Å². The van der Waals surface area contributed by atoms with Gasteiger partial charge in [-0.3, -0.25) is 4.79 Å². The summed E-state index contributed by atoms with van der Waals surface area (Å²) in [5.41, 5.74) is 0.303. The van der Waals surface area contributed by atoms with Crippen molar-refractivity contribution in [2.75, 3.05) is 0 Å². The summed E-state index contributed by atoms with van der Waals surface area (Å²) in [4.78, 5) is 23.2. The topological polar surface area (TPSA) is 75.6 Å². The lowest BCUT2D eigenvalue weighted by Crippen LogP contribution is -2.41. The van der Waals surface area contributed by atoms with Gasteiger partial charge in [0.05, 0.1) is 0 Å². The highest BCUT2D eigenvalue weighted by Gasteiger charge is 2.47. The predicted octanol–water partition coefficient (Wildman–Crippen LogP) is 3.06. The number of hydrogen-bond acceptors (Lipinski definition) is 3. The van der Waals surface area contributed by atoms with E-state index < -0.39 is 36.1 Å². The lowest BCUT2D eigenvalue weighted by atomic mass is 10.1. The highest BCUT2D eigenvalue weighted by Crippen LogP contribution is 2.51. The van der Waals surface area contributed by atoms with E-state index in [0.717, 1.165) is 0 Å². The summed E-state index contributed by atoms with van der Waals surface area (Å²) in [6.07, 6.45) is -3.55. The Morgan fingerprint density at radius 1 is 1.38 bits per heavy atom. The van der Waals surface area contributed by atoms with Crippen LogP contribution in [0.5, 0.6) is 5.75 Å². The maximum absolute atomic E-state index is 12.4. The van der Waals surface area contributed by atoms with Crippen molar-refractivity contribution in [3.63, 3.8) is 0 Å². The Kier molecular flexibility index (Phi) is 5.36. The van der Waals surface area contributed by atoms with Gasteiger partial charge in [-0.2, -0.15) is 0 Å². The molecule has 1 amide bonds. The van der Waals surface area contributed by atoms with Gasteiger partial charge in [0.15, 0.2) is 0 Å². The molecule has 0 bridgehead atoms. The smallest absolute Gasteiger partial charge is 0.480 e. The van der Waals surface area contributed by atoms with Gasteiger partial charge in [-0.25, -0.2) is 4.79 Å². The Morgan fingerprint density at radius 3 is 2.62 bits per heavy atom. The number of aliphatic carboxylic acids is 1. The molecule has 132 valence electrons. The van der Waals surface area contributed by atoms with Gasteiger partial charge in [0, 0.05) is 5.92 Å². The summed E-state index contributed by atoms with van der Waals surface area (Å²) in [6.45, 7) is 1.80. The van der Waals surface area contributed by atoms with Crippen LogP contribution in [0.25, 0.3) is 0 Å². The number of carbonyl (C=O) groups excluding carboxylic acids is 1. The summed E-state index contributed by atoms with van der Waals surface area (Å²) >= 11 is 0. The predicted molar refractivity (Wildman–Crippen MR) is 78.4 cm³/mol. The number of carbonyl (C=O) groups is 2. The zero-order valence-corrected chi connectivity index (χ0v) is 13.0. The molecule has 1 aromatic rings. The van der Waals surface area contributed by atoms with Crippen molar-refractivity contribution in [1.29, 1.82) is 0 Å². The molecular weight excluding hydrogens is 327 g/mol. The quantitative estimate of drug-likeness (QED) is 0.796. The van der Waals surface area contributed by atoms with E-state index in [1.807, 2.05) is 0 Å². The van der Waals surface area contributed by atoms with E-state index in [2.05, 4.69) is 10.1 Å². The standard InChI is InChI=1S/C16H18F3NO4/c1-2-5-12(15(22)23)20-14(21)11-8-10(11)9-6-3-4-7-13(9)24-16(17,18)19/h3-4,6-7,10-12H,2,5,8H2,1H3,(H,20,21)(H,22,23). The van der Waals surface area contributed by atoms with E-state index in [0.29, 0.717) is 24.8 Å². The van der Waals surface area contributed by atoms with E-state index in [4.69, 9.17) is 5.11 Å². The fourth-order valence-electron chi connectivity index (χ4n) is 2.66. The molecule has 2 N–H and O–H groups in total. The number of para-hydroxylation sites is 1. The number of nitrogens with one attached hydrogen (secondary N) is 1. The van der Waals surface area contributed by atoms with Gasteiger partial charge >= 0.3 is 12.3 Å². The Labute approximate surface area is 136 Å². The van der Waals surface area contributed by atoms with Crippen molar-refractivity contribution in [3.8, 4) is 5.75 Å². The maximum atomic E-state index is 12.4. The van der Waals surface area contributed by atoms with Crippen molar-refractivity contribution in [2.24, 2.45) is 5.92 Å². The number of rotatable bonds is 7. The molecule has 0 radical (unpaired) electrons. The molecule has 5 nitrogen and oxygen atoms in total. The monoisotopic (exact) mass is 345 g/mol. The third-order valence-corrected chi connectivity index (χ3v) is 3.86. The molecule has 1 saturated carbocycles. The summed E-state index contributed by atoms with van der Waals surface area (Å²) < 4.78 is 41.3. The minimum atomic E-state index is -4.81. The molecule has 0 aliphatic heterocycles. The SMILES string of the molecule is CCCC(NC(=O)C1CC1c1ccccc1OC(F)(F)F)C(=O)O. The molecule has 1 aliphatic carbocycles. The normalized spacial score (nSPS) is 21.0. The van der Waals surface area contributed by atoms with E-state index >= 15 is 0 Å². The molecule has 1 aromatic carbocycles. The average Bonchev–Trinajstić information content (AvgIpc) is 3.26. The van der Waals surface area contributed by atoms with Crippen LogP contribution in [0.1, 0.15) is 37.7 Å². The molecule has 1 fully saturated rings. The maximum Gasteiger partial charge on any atom is 0.573 e. The summed E-state index contributed by atoms with van der Waals surface area (Å²) in [5, 5.41) is 11.5. The van der Waals surface area contributed by atoms with Crippen LogP contribution < -0.4 is 10.1 Å². The first-order valence-corrected chi connectivity index (χ1v) is 7.60. The summed E-state index contributed by atoms with van der Waals surface area (Å²) in [6, 6.07) is 4.70. The number of halogens is 3. The number of ether oxygens (including phenoxy) is 1. The third kappa shape index (κ3) is 4.62. The fourth-order valence-corrected chi connectivity index (χ4v) is 2.66. The van der Waals surface area contributed by atoms with Gasteiger partial charge < -0.3 is 15.2 Å². The lowest BCUT2D eigenvalue weighted by molar-refractivity contribution is -0.274. The van der Waals surface area contributed by atoms with E-state index in [9.17, 15) is 22.8 Å². The molecule has 24 heavy (non-hydrogen) atoms. The van der Waals surface area contributed by atoms with E-state index in [-0.39, 0.29) is 5.75 Å². The first-order valence-electron chi connectivity index (χ1n) is 7.60. The van der Waals surface area contributed by atoms with Crippen molar-refractivity contribution in [1.82, 2.24) is 5.32 Å². The molecule has 0 spiro atoms. The van der Waals surface area contributed by atoms with Crippen LogP contribution in [-0.2, 0) is 9.59 Å². The number of hydrogen-bond donors (Lipinski definition) is 2. The second-order valence-electron chi connectivity index (χ2n) is 5.72. The summed E-state index contributed by atoms with van der Waals surface area (Å²) in [5.74, 6) is -2.85. The van der Waals surface area contributed by atoms with Crippen LogP contribution in [0.3, 0.4) is 0 Å². The number of amides is 1. The van der Waals surface area contributed by atoms with Gasteiger partial charge in [0.25, 0.3) is 0 Å². The second kappa shape index (κ2) is 7.11. The largest absolute Gasteiger partial charge is 0.573 e. The molecule has 0 aromatic heterocycles. The van der Waals surface area contributed by atoms with Crippen LogP contribution in [-0.4, -0.2) is 29.4 Å². The third-order valence-electron chi connectivity index (χ3n) is 3.86. The highest BCUT2D eigenvalue weighted by molar-refractivity contribution is 5.87. The first-order chi connectivity index (χ1) is 11.2. The number of alkyl halides is 3. The molecule has 8 heteroatoms. The van der Waals surface area contributed by atoms with E-state index in [1.54, 1.807) is 13.0 Å². The van der Waals surface area contributed by atoms with Gasteiger partial charge in [0.2, 0.25) is 5.91 Å². The van der Waals surface area contributed by atoms with Crippen molar-refractivity contribution >= 4 is 11.9 Å². The molecule has 3 unspecified atom stereocenters. The minimum Gasteiger partial charge on any atom is -0.480 e. The molecule has 2 rings (SSSR count). The zero-order chi connectivity index (χ0) is 17.9. The number of carboxylic acid groups (broad SMARTS) is 1. The molecule has 1 aliphatic rings. The van der Waals surface area contributed by atoms with Crippen molar-refractivity contribution < 1.29 is 32.6 Å². The van der Waals surface area contributed by atoms with E-state index in [1.165, 1.54) is 18.2 Å². The van der Waals surface area contributed by atoms with Gasteiger partial charge in [0.1, 0.15) is 11.8 Å². The number of benzene rings is 1. The Bertz CT molecular complexity index is 618. The minimum absolute atomic E-state index is 0.298. The fraction of sp³-hybridized carbons (Fsp3) is 0.500. The highest BCUT2D eigenvalue weighted by atomic mass is 19.4. The first kappa shape index (κ1) is 18.1. The summed E-state index contributed by atoms with van der Waals surface area (Å²) in [7, 11) is 0. The second-order valence-corrected chi connectivity index (χ2v) is 5.72. The van der Waals surface area contributed by atoms with Crippen LogP contribution in [0.15, 0.2) is 24.3 Å². The van der Waals surface area contributed by atoms with Gasteiger partial charge in [-0.1, -0.05) is 31.5 Å². The Balaban J connectivity index is 2.05. The van der Waals surface area contributed by atoms with Crippen LogP contribution >= 0.6 is 0 Å². The zero-order valence-electron chi connectivity index (χ0n) is 13.0.